The van der Waals surface area contributed by atoms with Crippen LogP contribution in [0.15, 0.2) is 12.2 Å². The number of hydrogen-bond acceptors (Lipinski definition) is 5. The quantitative estimate of drug-likeness (QED) is 0.442. The van der Waals surface area contributed by atoms with Crippen molar-refractivity contribution in [2.45, 2.75) is 38.1 Å². The van der Waals surface area contributed by atoms with Crippen molar-refractivity contribution in [3.8, 4) is 0 Å². The Labute approximate surface area is 114 Å². The molecule has 0 bridgehead atoms. The predicted octanol–water partition coefficient (Wildman–Crippen LogP) is 1.99. The predicted molar refractivity (Wildman–Crippen MR) is 61.9 cm³/mol. The Morgan fingerprint density at radius 3 is 2.30 bits per heavy atom. The van der Waals surface area contributed by atoms with Crippen LogP contribution >= 0.6 is 0 Å². The molecule has 1 amide bonds. The van der Waals surface area contributed by atoms with Crippen LogP contribution in [0.3, 0.4) is 0 Å². The van der Waals surface area contributed by atoms with E-state index in [1.54, 1.807) is 20.8 Å². The normalized spacial score (nSPS) is 20.3. The van der Waals surface area contributed by atoms with Crippen LogP contribution in [0.5, 0.6) is 0 Å². The monoisotopic (exact) mass is 317 g/mol. The molecule has 0 N–H and O–H groups in total. The molecule has 1 unspecified atom stereocenters. The van der Waals surface area contributed by atoms with Crippen LogP contribution in [0.2, 0.25) is 0 Å². The van der Waals surface area contributed by atoms with E-state index in [4.69, 9.17) is 4.74 Å². The average molecular weight is 317 g/mol. The smallest absolute Gasteiger partial charge is 0.444 e. The van der Waals surface area contributed by atoms with Crippen molar-refractivity contribution < 1.29 is 35.3 Å². The second-order valence-corrected chi connectivity index (χ2v) is 6.51. The van der Waals surface area contributed by atoms with Gasteiger partial charge in [-0.25, -0.2) is 8.98 Å². The first-order valence-corrected chi connectivity index (χ1v) is 6.90. The standard InChI is InChI=1S/C10H14F3NO5S/c1-9(2,3)18-8(15)14-6-4-5-7(14)19-20(16,17)10(11,12)13/h4-5,7H,6H2,1-3H3. The van der Waals surface area contributed by atoms with Crippen LogP contribution in [-0.2, 0) is 19.0 Å². The van der Waals surface area contributed by atoms with E-state index in [1.165, 1.54) is 6.08 Å². The highest BCUT2D eigenvalue weighted by Gasteiger charge is 2.50. The number of halogens is 3. The van der Waals surface area contributed by atoms with E-state index in [-0.39, 0.29) is 6.54 Å². The summed E-state index contributed by atoms with van der Waals surface area (Å²) in [4.78, 5) is 12.4. The molecule has 1 aliphatic heterocycles. The van der Waals surface area contributed by atoms with Crippen molar-refractivity contribution in [3.05, 3.63) is 12.2 Å². The fourth-order valence-electron chi connectivity index (χ4n) is 1.27. The number of carbonyl (C=O) groups excluding carboxylic acids is 1. The van der Waals surface area contributed by atoms with E-state index in [0.717, 1.165) is 11.0 Å². The summed E-state index contributed by atoms with van der Waals surface area (Å²) in [6.07, 6.45) is -0.297. The maximum atomic E-state index is 12.2. The van der Waals surface area contributed by atoms with Crippen molar-refractivity contribution in [2.75, 3.05) is 6.54 Å². The molecule has 6 nitrogen and oxygen atoms in total. The molecule has 116 valence electrons. The van der Waals surface area contributed by atoms with E-state index in [1.807, 2.05) is 0 Å². The molecular weight excluding hydrogens is 303 g/mol. The van der Waals surface area contributed by atoms with Gasteiger partial charge in [-0.2, -0.15) is 21.6 Å². The second kappa shape index (κ2) is 5.24. The molecule has 0 aromatic carbocycles. The van der Waals surface area contributed by atoms with Crippen molar-refractivity contribution in [2.24, 2.45) is 0 Å². The van der Waals surface area contributed by atoms with Gasteiger partial charge in [-0.1, -0.05) is 6.08 Å². The number of ether oxygens (including phenoxy) is 1. The summed E-state index contributed by atoms with van der Waals surface area (Å²) >= 11 is 0. The molecular formula is C10H14F3NO5S. The molecule has 20 heavy (non-hydrogen) atoms. The lowest BCUT2D eigenvalue weighted by molar-refractivity contribution is -0.0625. The summed E-state index contributed by atoms with van der Waals surface area (Å²) in [7, 11) is -5.79. The molecule has 0 aromatic rings. The highest BCUT2D eigenvalue weighted by Crippen LogP contribution is 2.28. The molecule has 1 rings (SSSR count). The van der Waals surface area contributed by atoms with Gasteiger partial charge in [-0.15, -0.1) is 0 Å². The van der Waals surface area contributed by atoms with Gasteiger partial charge in [0.2, 0.25) is 0 Å². The minimum Gasteiger partial charge on any atom is -0.444 e. The third kappa shape index (κ3) is 4.10. The fraction of sp³-hybridized carbons (Fsp3) is 0.700. The highest BCUT2D eigenvalue weighted by molar-refractivity contribution is 7.87. The van der Waals surface area contributed by atoms with Crippen LogP contribution in [0.4, 0.5) is 18.0 Å². The zero-order valence-electron chi connectivity index (χ0n) is 11.0. The summed E-state index contributed by atoms with van der Waals surface area (Å²) in [6, 6.07) is 0. The number of alkyl halides is 3. The van der Waals surface area contributed by atoms with Gasteiger partial charge < -0.3 is 4.74 Å². The maximum Gasteiger partial charge on any atom is 0.523 e. The zero-order valence-corrected chi connectivity index (χ0v) is 11.8. The second-order valence-electron chi connectivity index (χ2n) is 4.95. The lowest BCUT2D eigenvalue weighted by Crippen LogP contribution is -2.43. The van der Waals surface area contributed by atoms with Gasteiger partial charge in [-0.3, -0.25) is 4.90 Å². The summed E-state index contributed by atoms with van der Waals surface area (Å²) in [5, 5.41) is 0. The van der Waals surface area contributed by atoms with Gasteiger partial charge in [-0.05, 0) is 26.8 Å². The third-order valence-corrected chi connectivity index (χ3v) is 3.06. The largest absolute Gasteiger partial charge is 0.523 e. The van der Waals surface area contributed by atoms with Gasteiger partial charge in [0.25, 0.3) is 0 Å². The lowest BCUT2D eigenvalue weighted by atomic mass is 10.2. The van der Waals surface area contributed by atoms with Gasteiger partial charge >= 0.3 is 21.7 Å². The van der Waals surface area contributed by atoms with E-state index in [2.05, 4.69) is 4.18 Å². The van der Waals surface area contributed by atoms with Crippen molar-refractivity contribution >= 4 is 16.2 Å². The van der Waals surface area contributed by atoms with E-state index < -0.39 is 33.5 Å². The SMILES string of the molecule is CC(C)(C)OC(=O)N1CC=CC1OS(=O)(=O)C(F)(F)F. The number of hydrogen-bond donors (Lipinski definition) is 0. The summed E-state index contributed by atoms with van der Waals surface area (Å²) in [5.41, 5.74) is -6.42. The number of carbonyl (C=O) groups is 1. The molecule has 0 aliphatic carbocycles. The van der Waals surface area contributed by atoms with E-state index >= 15 is 0 Å². The maximum absolute atomic E-state index is 12.2. The molecule has 0 saturated carbocycles. The molecule has 1 atom stereocenters. The molecule has 1 aliphatic rings. The first-order chi connectivity index (χ1) is 8.83. The molecule has 10 heteroatoms. The molecule has 1 heterocycles. The number of amides is 1. The van der Waals surface area contributed by atoms with Crippen molar-refractivity contribution in [3.63, 3.8) is 0 Å². The minimum absolute atomic E-state index is 0.104. The minimum atomic E-state index is -5.79. The topological polar surface area (TPSA) is 72.9 Å². The molecule has 0 saturated heterocycles. The van der Waals surface area contributed by atoms with Crippen LogP contribution in [0.1, 0.15) is 20.8 Å². The van der Waals surface area contributed by atoms with Crippen LogP contribution in [0.25, 0.3) is 0 Å². The van der Waals surface area contributed by atoms with Crippen LogP contribution in [-0.4, -0.2) is 43.3 Å². The zero-order chi connectivity index (χ0) is 15.8. The van der Waals surface area contributed by atoms with Gasteiger partial charge in [0.05, 0.1) is 0 Å². The van der Waals surface area contributed by atoms with E-state index in [0.29, 0.717) is 0 Å². The van der Waals surface area contributed by atoms with E-state index in [9.17, 15) is 26.4 Å². The third-order valence-electron chi connectivity index (χ3n) is 2.05. The fourth-order valence-corrected chi connectivity index (χ4v) is 1.80. The number of nitrogens with zero attached hydrogens (tertiary/aromatic N) is 1. The summed E-state index contributed by atoms with van der Waals surface area (Å²) in [6.45, 7) is 4.59. The van der Waals surface area contributed by atoms with Crippen molar-refractivity contribution in [1.29, 1.82) is 0 Å². The Kier molecular flexibility index (Phi) is 4.39. The van der Waals surface area contributed by atoms with Gasteiger partial charge in [0, 0.05) is 6.54 Å². The van der Waals surface area contributed by atoms with Crippen molar-refractivity contribution in [1.82, 2.24) is 4.90 Å². The summed E-state index contributed by atoms with van der Waals surface area (Å²) in [5.74, 6) is 0. The Balaban J connectivity index is 2.81. The first kappa shape index (κ1) is 16.8. The average Bonchev–Trinajstić information content (AvgIpc) is 2.60. The Morgan fingerprint density at radius 2 is 1.85 bits per heavy atom. The summed E-state index contributed by atoms with van der Waals surface area (Å²) < 4.78 is 67.4. The number of rotatable bonds is 2. The van der Waals surface area contributed by atoms with Crippen LogP contribution in [0, 0.1) is 0 Å². The molecule has 0 fully saturated rings. The molecule has 0 spiro atoms. The Bertz CT molecular complexity index is 506. The molecule has 0 aromatic heterocycles. The van der Waals surface area contributed by atoms with Gasteiger partial charge in [0.1, 0.15) is 5.60 Å². The molecule has 0 radical (unpaired) electrons. The van der Waals surface area contributed by atoms with Crippen LogP contribution < -0.4 is 0 Å². The first-order valence-electron chi connectivity index (χ1n) is 5.49. The lowest BCUT2D eigenvalue weighted by Gasteiger charge is -2.28. The Morgan fingerprint density at radius 1 is 1.30 bits per heavy atom. The van der Waals surface area contributed by atoms with Gasteiger partial charge in [0.15, 0.2) is 6.23 Å². The Hall–Kier alpha value is -1.29. The highest BCUT2D eigenvalue weighted by atomic mass is 32.2.